The lowest BCUT2D eigenvalue weighted by atomic mass is 9.89. The number of alkyl halides is 1. The van der Waals surface area contributed by atoms with Crippen molar-refractivity contribution in [3.63, 3.8) is 0 Å². The van der Waals surface area contributed by atoms with Crippen molar-refractivity contribution in [1.29, 1.82) is 0 Å². The summed E-state index contributed by atoms with van der Waals surface area (Å²) >= 11 is 3.48. The Labute approximate surface area is 100.0 Å². The van der Waals surface area contributed by atoms with Gasteiger partial charge in [-0.15, -0.1) is 0 Å². The zero-order valence-electron chi connectivity index (χ0n) is 9.08. The quantitative estimate of drug-likeness (QED) is 0.744. The van der Waals surface area contributed by atoms with Crippen LogP contribution >= 0.6 is 15.9 Å². The monoisotopic (exact) mass is 268 g/mol. The van der Waals surface area contributed by atoms with E-state index in [9.17, 15) is 0 Å². The van der Waals surface area contributed by atoms with Gasteiger partial charge >= 0.3 is 0 Å². The molecule has 0 aromatic heterocycles. The van der Waals surface area contributed by atoms with E-state index >= 15 is 0 Å². The highest BCUT2D eigenvalue weighted by Crippen LogP contribution is 2.30. The van der Waals surface area contributed by atoms with E-state index in [2.05, 4.69) is 47.1 Å². The largest absolute Gasteiger partial charge is 0.377 e. The molecule has 0 N–H and O–H groups in total. The molecule has 1 heterocycles. The minimum atomic E-state index is 0.422. The molecular formula is C13H17BrO. The maximum absolute atomic E-state index is 5.80. The summed E-state index contributed by atoms with van der Waals surface area (Å²) in [6.07, 6.45) is 2.84. The molecule has 1 nitrogen and oxygen atoms in total. The lowest BCUT2D eigenvalue weighted by molar-refractivity contribution is 0.0189. The van der Waals surface area contributed by atoms with Crippen molar-refractivity contribution >= 4 is 15.9 Å². The summed E-state index contributed by atoms with van der Waals surface area (Å²) in [5.74, 6) is 0.599. The zero-order chi connectivity index (χ0) is 10.7. The fourth-order valence-electron chi connectivity index (χ4n) is 2.22. The summed E-state index contributed by atoms with van der Waals surface area (Å²) in [6.45, 7) is 3.06. The number of aryl methyl sites for hydroxylation is 1. The van der Waals surface area contributed by atoms with Crippen molar-refractivity contribution in [2.24, 2.45) is 0 Å². The molecular weight excluding hydrogens is 252 g/mol. The number of hydrogen-bond donors (Lipinski definition) is 0. The molecule has 0 aliphatic carbocycles. The van der Waals surface area contributed by atoms with Crippen LogP contribution in [0.15, 0.2) is 24.3 Å². The third-order valence-corrected chi connectivity index (χ3v) is 3.89. The first-order valence-corrected chi connectivity index (χ1v) is 6.66. The van der Waals surface area contributed by atoms with Crippen LogP contribution in [0.1, 0.15) is 29.9 Å². The van der Waals surface area contributed by atoms with Gasteiger partial charge in [-0.05, 0) is 30.9 Å². The molecule has 2 atom stereocenters. The molecule has 0 amide bonds. The summed E-state index contributed by atoms with van der Waals surface area (Å²) in [6, 6.07) is 8.65. The Bertz CT molecular complexity index is 316. The Morgan fingerprint density at radius 2 is 2.13 bits per heavy atom. The predicted octanol–water partition coefficient (Wildman–Crippen LogP) is 3.65. The van der Waals surface area contributed by atoms with Crippen molar-refractivity contribution in [3.05, 3.63) is 35.4 Å². The molecule has 1 saturated heterocycles. The minimum absolute atomic E-state index is 0.422. The summed E-state index contributed by atoms with van der Waals surface area (Å²) in [7, 11) is 0. The lowest BCUT2D eigenvalue weighted by Gasteiger charge is -2.29. The topological polar surface area (TPSA) is 9.23 Å². The van der Waals surface area contributed by atoms with E-state index in [1.54, 1.807) is 0 Å². The summed E-state index contributed by atoms with van der Waals surface area (Å²) < 4.78 is 5.80. The number of halogens is 1. The molecule has 0 spiro atoms. The molecule has 1 fully saturated rings. The first kappa shape index (κ1) is 11.2. The Hall–Kier alpha value is -0.340. The van der Waals surface area contributed by atoms with Gasteiger partial charge in [-0.2, -0.15) is 0 Å². The van der Waals surface area contributed by atoms with E-state index < -0.39 is 0 Å². The number of benzene rings is 1. The van der Waals surface area contributed by atoms with Gasteiger partial charge in [0.05, 0.1) is 12.7 Å². The fourth-order valence-corrected chi connectivity index (χ4v) is 2.73. The van der Waals surface area contributed by atoms with Gasteiger partial charge in [-0.3, -0.25) is 0 Å². The van der Waals surface area contributed by atoms with Gasteiger partial charge in [-0.1, -0.05) is 40.2 Å². The van der Waals surface area contributed by atoms with E-state index in [0.29, 0.717) is 12.0 Å². The van der Waals surface area contributed by atoms with Gasteiger partial charge in [0.25, 0.3) is 0 Å². The summed E-state index contributed by atoms with van der Waals surface area (Å²) in [5, 5.41) is 0.966. The van der Waals surface area contributed by atoms with Crippen molar-refractivity contribution in [2.75, 3.05) is 11.9 Å². The zero-order valence-corrected chi connectivity index (χ0v) is 10.7. The maximum Gasteiger partial charge on any atom is 0.0672 e. The van der Waals surface area contributed by atoms with Crippen molar-refractivity contribution in [1.82, 2.24) is 0 Å². The van der Waals surface area contributed by atoms with Gasteiger partial charge in [-0.25, -0.2) is 0 Å². The second kappa shape index (κ2) is 5.13. The molecule has 0 bridgehead atoms. The van der Waals surface area contributed by atoms with E-state index in [0.717, 1.165) is 11.9 Å². The van der Waals surface area contributed by atoms with E-state index in [4.69, 9.17) is 4.74 Å². The molecule has 0 unspecified atom stereocenters. The molecule has 15 heavy (non-hydrogen) atoms. The third-order valence-electron chi connectivity index (χ3n) is 3.17. The molecule has 1 aliphatic heterocycles. The maximum atomic E-state index is 5.80. The highest BCUT2D eigenvalue weighted by molar-refractivity contribution is 9.09. The molecule has 1 aliphatic rings. The smallest absolute Gasteiger partial charge is 0.0672 e. The molecule has 2 rings (SSSR count). The number of rotatable bonds is 2. The third kappa shape index (κ3) is 2.61. The van der Waals surface area contributed by atoms with Gasteiger partial charge in [0.1, 0.15) is 0 Å². The summed E-state index contributed by atoms with van der Waals surface area (Å²) in [4.78, 5) is 0. The van der Waals surface area contributed by atoms with Crippen LogP contribution in [0.25, 0.3) is 0 Å². The Balaban J connectivity index is 2.04. The van der Waals surface area contributed by atoms with Crippen LogP contribution in [0, 0.1) is 6.92 Å². The second-order valence-corrected chi connectivity index (χ2v) is 4.89. The SMILES string of the molecule is Cc1ccccc1[C@H]1CC[C@@H](CBr)OC1. The Morgan fingerprint density at radius 1 is 1.33 bits per heavy atom. The second-order valence-electron chi connectivity index (χ2n) is 4.24. The average Bonchev–Trinajstić information content (AvgIpc) is 2.30. The molecule has 1 aromatic rings. The lowest BCUT2D eigenvalue weighted by Crippen LogP contribution is -2.26. The normalized spacial score (nSPS) is 26.5. The molecule has 0 saturated carbocycles. The first-order chi connectivity index (χ1) is 7.31. The number of hydrogen-bond acceptors (Lipinski definition) is 1. The average molecular weight is 269 g/mol. The van der Waals surface area contributed by atoms with Gasteiger partial charge in [0.2, 0.25) is 0 Å². The van der Waals surface area contributed by atoms with Crippen LogP contribution in [-0.4, -0.2) is 18.0 Å². The van der Waals surface area contributed by atoms with Crippen LogP contribution in [0.3, 0.4) is 0 Å². The molecule has 0 radical (unpaired) electrons. The van der Waals surface area contributed by atoms with Gasteiger partial charge in [0, 0.05) is 11.2 Å². The van der Waals surface area contributed by atoms with Crippen LogP contribution in [0.2, 0.25) is 0 Å². The van der Waals surface area contributed by atoms with Gasteiger partial charge < -0.3 is 4.74 Å². The standard InChI is InChI=1S/C13H17BrO/c1-10-4-2-3-5-13(10)11-6-7-12(8-14)15-9-11/h2-5,11-12H,6-9H2,1H3/t11-,12-/m0/s1. The van der Waals surface area contributed by atoms with E-state index in [-0.39, 0.29) is 0 Å². The van der Waals surface area contributed by atoms with Crippen LogP contribution in [0.5, 0.6) is 0 Å². The highest BCUT2D eigenvalue weighted by Gasteiger charge is 2.22. The van der Waals surface area contributed by atoms with Crippen molar-refractivity contribution in [3.8, 4) is 0 Å². The summed E-state index contributed by atoms with van der Waals surface area (Å²) in [5.41, 5.74) is 2.86. The predicted molar refractivity (Wildman–Crippen MR) is 66.7 cm³/mol. The fraction of sp³-hybridized carbons (Fsp3) is 0.538. The van der Waals surface area contributed by atoms with Gasteiger partial charge in [0.15, 0.2) is 0 Å². The van der Waals surface area contributed by atoms with Crippen LogP contribution in [0.4, 0.5) is 0 Å². The van der Waals surface area contributed by atoms with Crippen molar-refractivity contribution < 1.29 is 4.74 Å². The van der Waals surface area contributed by atoms with Crippen molar-refractivity contribution in [2.45, 2.75) is 31.8 Å². The Morgan fingerprint density at radius 3 is 2.73 bits per heavy atom. The van der Waals surface area contributed by atoms with Crippen LogP contribution < -0.4 is 0 Å². The highest BCUT2D eigenvalue weighted by atomic mass is 79.9. The van der Waals surface area contributed by atoms with Crippen LogP contribution in [-0.2, 0) is 4.74 Å². The first-order valence-electron chi connectivity index (χ1n) is 5.54. The number of ether oxygens (including phenoxy) is 1. The minimum Gasteiger partial charge on any atom is -0.377 e. The molecule has 1 aromatic carbocycles. The molecule has 2 heteroatoms. The Kier molecular flexibility index (Phi) is 3.81. The van der Waals surface area contributed by atoms with E-state index in [1.165, 1.54) is 24.0 Å². The molecule has 82 valence electrons. The van der Waals surface area contributed by atoms with E-state index in [1.807, 2.05) is 0 Å².